The van der Waals surface area contributed by atoms with Crippen molar-refractivity contribution in [3.8, 4) is 0 Å². The molecule has 0 saturated carbocycles. The maximum atomic E-state index is 5.23. The second-order valence-electron chi connectivity index (χ2n) is 4.46. The SMILES string of the molecule is CCCc1nc(N(CC)Cc2cnn(CC)c2)no1. The van der Waals surface area contributed by atoms with E-state index in [0.717, 1.165) is 38.0 Å². The molecule has 2 aromatic heterocycles. The second-order valence-corrected chi connectivity index (χ2v) is 4.46. The summed E-state index contributed by atoms with van der Waals surface area (Å²) in [7, 11) is 0. The smallest absolute Gasteiger partial charge is 0.266 e. The summed E-state index contributed by atoms with van der Waals surface area (Å²) in [6.07, 6.45) is 5.78. The Balaban J connectivity index is 2.06. The molecule has 0 unspecified atom stereocenters. The van der Waals surface area contributed by atoms with E-state index >= 15 is 0 Å². The molecule has 0 atom stereocenters. The fourth-order valence-corrected chi connectivity index (χ4v) is 1.90. The van der Waals surface area contributed by atoms with Crippen molar-refractivity contribution in [3.63, 3.8) is 0 Å². The molecule has 0 bridgehead atoms. The van der Waals surface area contributed by atoms with E-state index in [1.807, 2.05) is 10.9 Å². The van der Waals surface area contributed by atoms with Gasteiger partial charge in [-0.25, -0.2) is 0 Å². The van der Waals surface area contributed by atoms with Crippen LogP contribution < -0.4 is 4.90 Å². The molecule has 2 aromatic rings. The highest BCUT2D eigenvalue weighted by atomic mass is 16.5. The average Bonchev–Trinajstić information content (AvgIpc) is 3.05. The van der Waals surface area contributed by atoms with E-state index in [-0.39, 0.29) is 0 Å². The topological polar surface area (TPSA) is 60.0 Å². The summed E-state index contributed by atoms with van der Waals surface area (Å²) in [5, 5.41) is 8.32. The molecular formula is C13H21N5O. The Morgan fingerprint density at radius 3 is 2.79 bits per heavy atom. The van der Waals surface area contributed by atoms with Crippen molar-refractivity contribution in [2.45, 2.75) is 46.7 Å². The average molecular weight is 263 g/mol. The van der Waals surface area contributed by atoms with Gasteiger partial charge in [0.1, 0.15) is 0 Å². The number of nitrogens with zero attached hydrogens (tertiary/aromatic N) is 5. The molecule has 0 radical (unpaired) electrons. The van der Waals surface area contributed by atoms with E-state index in [9.17, 15) is 0 Å². The van der Waals surface area contributed by atoms with Crippen molar-refractivity contribution in [2.24, 2.45) is 0 Å². The maximum absolute atomic E-state index is 5.23. The van der Waals surface area contributed by atoms with Crippen LogP contribution in [0.2, 0.25) is 0 Å². The van der Waals surface area contributed by atoms with Crippen LogP contribution in [-0.2, 0) is 19.5 Å². The van der Waals surface area contributed by atoms with E-state index in [2.05, 4.69) is 47.1 Å². The first-order valence-electron chi connectivity index (χ1n) is 6.85. The van der Waals surface area contributed by atoms with Crippen LogP contribution in [0.5, 0.6) is 0 Å². The van der Waals surface area contributed by atoms with Gasteiger partial charge in [-0.1, -0.05) is 6.92 Å². The first-order valence-corrected chi connectivity index (χ1v) is 6.85. The van der Waals surface area contributed by atoms with Gasteiger partial charge in [0.2, 0.25) is 5.89 Å². The zero-order chi connectivity index (χ0) is 13.7. The van der Waals surface area contributed by atoms with Crippen molar-refractivity contribution in [2.75, 3.05) is 11.4 Å². The third kappa shape index (κ3) is 3.33. The van der Waals surface area contributed by atoms with E-state index < -0.39 is 0 Å². The van der Waals surface area contributed by atoms with Gasteiger partial charge < -0.3 is 9.42 Å². The van der Waals surface area contributed by atoms with Gasteiger partial charge >= 0.3 is 0 Å². The minimum Gasteiger partial charge on any atom is -0.337 e. The largest absolute Gasteiger partial charge is 0.337 e. The Bertz CT molecular complexity index is 505. The molecule has 0 spiro atoms. The minimum absolute atomic E-state index is 0.662. The lowest BCUT2D eigenvalue weighted by Gasteiger charge is -2.16. The van der Waals surface area contributed by atoms with Crippen LogP contribution in [-0.4, -0.2) is 26.5 Å². The summed E-state index contributed by atoms with van der Waals surface area (Å²) in [4.78, 5) is 6.50. The molecule has 19 heavy (non-hydrogen) atoms. The summed E-state index contributed by atoms with van der Waals surface area (Å²) in [6.45, 7) is 8.73. The molecule has 6 heteroatoms. The van der Waals surface area contributed by atoms with Crippen LogP contribution in [0.25, 0.3) is 0 Å². The third-order valence-electron chi connectivity index (χ3n) is 2.97. The lowest BCUT2D eigenvalue weighted by molar-refractivity contribution is 0.376. The molecule has 2 rings (SSSR count). The third-order valence-corrected chi connectivity index (χ3v) is 2.97. The van der Waals surface area contributed by atoms with E-state index in [1.165, 1.54) is 0 Å². The van der Waals surface area contributed by atoms with E-state index in [0.29, 0.717) is 11.8 Å². The molecule has 2 heterocycles. The highest BCUT2D eigenvalue weighted by molar-refractivity contribution is 5.29. The van der Waals surface area contributed by atoms with Crippen LogP contribution >= 0.6 is 0 Å². The quantitative estimate of drug-likeness (QED) is 0.767. The highest BCUT2D eigenvalue weighted by Gasteiger charge is 2.13. The number of rotatable bonds is 7. The number of anilines is 1. The van der Waals surface area contributed by atoms with E-state index in [4.69, 9.17) is 4.52 Å². The molecule has 0 amide bonds. The van der Waals surface area contributed by atoms with Gasteiger partial charge in [0.15, 0.2) is 0 Å². The molecule has 104 valence electrons. The van der Waals surface area contributed by atoms with Gasteiger partial charge in [0, 0.05) is 37.8 Å². The molecule has 0 fully saturated rings. The zero-order valence-electron chi connectivity index (χ0n) is 11.8. The van der Waals surface area contributed by atoms with Crippen molar-refractivity contribution in [1.82, 2.24) is 19.9 Å². The first kappa shape index (κ1) is 13.6. The number of aryl methyl sites for hydroxylation is 2. The fourth-order valence-electron chi connectivity index (χ4n) is 1.90. The Hall–Kier alpha value is -1.85. The van der Waals surface area contributed by atoms with Crippen LogP contribution in [0.4, 0.5) is 5.95 Å². The first-order chi connectivity index (χ1) is 9.26. The monoisotopic (exact) mass is 263 g/mol. The normalized spacial score (nSPS) is 10.9. The summed E-state index contributed by atoms with van der Waals surface area (Å²) >= 11 is 0. The van der Waals surface area contributed by atoms with Crippen molar-refractivity contribution in [1.29, 1.82) is 0 Å². The summed E-state index contributed by atoms with van der Waals surface area (Å²) in [5.74, 6) is 1.37. The minimum atomic E-state index is 0.662. The molecule has 0 N–H and O–H groups in total. The molecular weight excluding hydrogens is 242 g/mol. The molecule has 0 aromatic carbocycles. The van der Waals surface area contributed by atoms with Gasteiger partial charge in [-0.2, -0.15) is 10.1 Å². The zero-order valence-corrected chi connectivity index (χ0v) is 11.8. The highest BCUT2D eigenvalue weighted by Crippen LogP contribution is 2.13. The molecule has 6 nitrogen and oxygen atoms in total. The Kier molecular flexibility index (Phi) is 4.54. The Morgan fingerprint density at radius 2 is 2.16 bits per heavy atom. The molecule has 0 saturated heterocycles. The van der Waals surface area contributed by atoms with Gasteiger partial charge in [-0.3, -0.25) is 4.68 Å². The van der Waals surface area contributed by atoms with Crippen LogP contribution in [0.15, 0.2) is 16.9 Å². The number of hydrogen-bond acceptors (Lipinski definition) is 5. The predicted octanol–water partition coefficient (Wildman–Crippen LogP) is 2.27. The fraction of sp³-hybridized carbons (Fsp3) is 0.615. The standard InChI is InChI=1S/C13H21N5O/c1-4-7-12-15-13(16-19-12)17(5-2)9-11-8-14-18(6-3)10-11/h8,10H,4-7,9H2,1-3H3. The number of hydrogen-bond donors (Lipinski definition) is 0. The van der Waals surface area contributed by atoms with Gasteiger partial charge in [-0.05, 0) is 25.4 Å². The summed E-state index contributed by atoms with van der Waals surface area (Å²) in [5.41, 5.74) is 1.16. The van der Waals surface area contributed by atoms with Gasteiger partial charge in [-0.15, -0.1) is 0 Å². The lowest BCUT2D eigenvalue weighted by atomic mass is 10.3. The predicted molar refractivity (Wildman–Crippen MR) is 72.9 cm³/mol. The number of aromatic nitrogens is 4. The van der Waals surface area contributed by atoms with Crippen molar-refractivity contribution < 1.29 is 4.52 Å². The van der Waals surface area contributed by atoms with Gasteiger partial charge in [0.05, 0.1) is 6.20 Å². The van der Waals surface area contributed by atoms with Crippen LogP contribution in [0, 0.1) is 0 Å². The van der Waals surface area contributed by atoms with Crippen LogP contribution in [0.3, 0.4) is 0 Å². The maximum Gasteiger partial charge on any atom is 0.266 e. The summed E-state index contributed by atoms with van der Waals surface area (Å²) < 4.78 is 7.15. The lowest BCUT2D eigenvalue weighted by Crippen LogP contribution is -2.23. The Labute approximate surface area is 113 Å². The van der Waals surface area contributed by atoms with Crippen LogP contribution in [0.1, 0.15) is 38.6 Å². The molecule has 0 aliphatic heterocycles. The van der Waals surface area contributed by atoms with Gasteiger partial charge in [0.25, 0.3) is 5.95 Å². The van der Waals surface area contributed by atoms with E-state index in [1.54, 1.807) is 0 Å². The van der Waals surface area contributed by atoms with Crippen molar-refractivity contribution in [3.05, 3.63) is 23.8 Å². The summed E-state index contributed by atoms with van der Waals surface area (Å²) in [6, 6.07) is 0. The molecule has 0 aliphatic rings. The Morgan fingerprint density at radius 1 is 1.32 bits per heavy atom. The molecule has 0 aliphatic carbocycles. The second kappa shape index (κ2) is 6.36. The van der Waals surface area contributed by atoms with Crippen molar-refractivity contribution >= 4 is 5.95 Å².